The topological polar surface area (TPSA) is 114 Å². The molecule has 3 rings (SSSR count). The molecule has 10 nitrogen and oxygen atoms in total. The highest BCUT2D eigenvalue weighted by atomic mass is 35.5. The zero-order valence-electron chi connectivity index (χ0n) is 24.6. The van der Waals surface area contributed by atoms with Crippen LogP contribution >= 0.6 is 23.2 Å². The van der Waals surface area contributed by atoms with Crippen molar-refractivity contribution in [1.29, 1.82) is 0 Å². The maximum atomic E-state index is 14.3. The summed E-state index contributed by atoms with van der Waals surface area (Å²) in [5.41, 5.74) is 0.612. The van der Waals surface area contributed by atoms with Crippen molar-refractivity contribution in [3.8, 4) is 17.2 Å². The Morgan fingerprint density at radius 2 is 1.56 bits per heavy atom. The maximum absolute atomic E-state index is 14.3. The molecule has 0 heterocycles. The van der Waals surface area contributed by atoms with E-state index in [1.54, 1.807) is 31.2 Å². The minimum Gasteiger partial charge on any atom is -0.495 e. The average molecular weight is 653 g/mol. The van der Waals surface area contributed by atoms with Gasteiger partial charge in [0, 0.05) is 29.2 Å². The number of ether oxygens (including phenoxy) is 3. The van der Waals surface area contributed by atoms with Crippen LogP contribution in [0.25, 0.3) is 0 Å². The van der Waals surface area contributed by atoms with E-state index in [0.29, 0.717) is 29.3 Å². The molecule has 0 unspecified atom stereocenters. The van der Waals surface area contributed by atoms with E-state index >= 15 is 0 Å². The summed E-state index contributed by atoms with van der Waals surface area (Å²) in [6.45, 7) is 3.16. The van der Waals surface area contributed by atoms with Crippen LogP contribution in [-0.2, 0) is 26.2 Å². The first-order valence-corrected chi connectivity index (χ1v) is 15.6. The Balaban J connectivity index is 2.15. The summed E-state index contributed by atoms with van der Waals surface area (Å²) in [7, 11) is -0.259. The van der Waals surface area contributed by atoms with Crippen molar-refractivity contribution >= 4 is 50.7 Å². The number of halogens is 2. The van der Waals surface area contributed by atoms with Gasteiger partial charge in [0.25, 0.3) is 10.0 Å². The van der Waals surface area contributed by atoms with Crippen molar-refractivity contribution in [2.24, 2.45) is 0 Å². The molecular formula is C30H35Cl2N3O7S. The Labute approximate surface area is 262 Å². The summed E-state index contributed by atoms with van der Waals surface area (Å²) in [5.74, 6) is -0.397. The summed E-state index contributed by atoms with van der Waals surface area (Å²) < 4.78 is 45.5. The van der Waals surface area contributed by atoms with Crippen LogP contribution in [0.3, 0.4) is 0 Å². The molecule has 0 saturated carbocycles. The second-order valence-corrected chi connectivity index (χ2v) is 12.1. The SMILES string of the molecule is CCCNC(=O)[C@H](C)N(Cc1ccccc1Cl)C(=O)CN(c1cc(Cl)ccc1OC)S(=O)(=O)c1ccc(OC)c(OC)c1. The number of sulfonamides is 1. The molecule has 13 heteroatoms. The predicted molar refractivity (Wildman–Crippen MR) is 167 cm³/mol. The monoisotopic (exact) mass is 651 g/mol. The first-order valence-electron chi connectivity index (χ1n) is 13.4. The summed E-state index contributed by atoms with van der Waals surface area (Å²) in [5, 5.41) is 3.41. The van der Waals surface area contributed by atoms with Gasteiger partial charge in [0.15, 0.2) is 11.5 Å². The number of nitrogens with zero attached hydrogens (tertiary/aromatic N) is 2. The molecule has 2 amide bonds. The second-order valence-electron chi connectivity index (χ2n) is 9.42. The minimum absolute atomic E-state index is 0.0268. The Bertz CT molecular complexity index is 1550. The van der Waals surface area contributed by atoms with E-state index in [2.05, 4.69) is 5.32 Å². The molecule has 0 fully saturated rings. The second kappa shape index (κ2) is 15.2. The lowest BCUT2D eigenvalue weighted by Gasteiger charge is -2.32. The highest BCUT2D eigenvalue weighted by Crippen LogP contribution is 2.37. The number of hydrogen-bond acceptors (Lipinski definition) is 7. The van der Waals surface area contributed by atoms with E-state index in [1.165, 1.54) is 62.6 Å². The number of hydrogen-bond donors (Lipinski definition) is 1. The van der Waals surface area contributed by atoms with Crippen molar-refractivity contribution in [2.45, 2.75) is 37.8 Å². The lowest BCUT2D eigenvalue weighted by Crippen LogP contribution is -2.51. The number of rotatable bonds is 14. The Morgan fingerprint density at radius 1 is 0.907 bits per heavy atom. The van der Waals surface area contributed by atoms with Crippen LogP contribution in [0.5, 0.6) is 17.2 Å². The molecule has 0 radical (unpaired) electrons. The van der Waals surface area contributed by atoms with Gasteiger partial charge in [0.05, 0.1) is 31.9 Å². The Morgan fingerprint density at radius 3 is 2.19 bits per heavy atom. The molecule has 1 N–H and O–H groups in total. The van der Waals surface area contributed by atoms with Gasteiger partial charge in [-0.1, -0.05) is 48.3 Å². The van der Waals surface area contributed by atoms with Crippen molar-refractivity contribution < 1.29 is 32.2 Å². The van der Waals surface area contributed by atoms with Gasteiger partial charge in [0.2, 0.25) is 11.8 Å². The van der Waals surface area contributed by atoms with Crippen molar-refractivity contribution in [1.82, 2.24) is 10.2 Å². The summed E-state index contributed by atoms with van der Waals surface area (Å²) in [4.78, 5) is 28.3. The van der Waals surface area contributed by atoms with E-state index in [-0.39, 0.29) is 33.6 Å². The minimum atomic E-state index is -4.45. The van der Waals surface area contributed by atoms with Gasteiger partial charge in [-0.05, 0) is 55.3 Å². The number of methoxy groups -OCH3 is 3. The van der Waals surface area contributed by atoms with Gasteiger partial charge in [0.1, 0.15) is 18.3 Å². The number of amides is 2. The lowest BCUT2D eigenvalue weighted by atomic mass is 10.1. The molecular weight excluding hydrogens is 617 g/mol. The summed E-state index contributed by atoms with van der Waals surface area (Å²) in [6.07, 6.45) is 0.697. The number of carbonyl (C=O) groups is 2. The highest BCUT2D eigenvalue weighted by molar-refractivity contribution is 7.92. The van der Waals surface area contributed by atoms with Crippen LogP contribution < -0.4 is 23.8 Å². The normalized spacial score (nSPS) is 11.8. The third kappa shape index (κ3) is 8.04. The van der Waals surface area contributed by atoms with Crippen LogP contribution in [0.4, 0.5) is 5.69 Å². The van der Waals surface area contributed by atoms with Crippen LogP contribution in [0, 0.1) is 0 Å². The molecule has 0 spiro atoms. The first-order chi connectivity index (χ1) is 20.5. The van der Waals surface area contributed by atoms with E-state index in [4.69, 9.17) is 37.4 Å². The first kappa shape index (κ1) is 33.8. The van der Waals surface area contributed by atoms with Crippen LogP contribution in [-0.4, -0.2) is 65.6 Å². The van der Waals surface area contributed by atoms with E-state index in [1.807, 2.05) is 6.92 Å². The number of anilines is 1. The Kier molecular flexibility index (Phi) is 11.9. The van der Waals surface area contributed by atoms with E-state index in [9.17, 15) is 18.0 Å². The van der Waals surface area contributed by atoms with Gasteiger partial charge in [-0.15, -0.1) is 0 Å². The maximum Gasteiger partial charge on any atom is 0.265 e. The quantitative estimate of drug-likeness (QED) is 0.256. The largest absolute Gasteiger partial charge is 0.495 e. The molecule has 3 aromatic carbocycles. The molecule has 43 heavy (non-hydrogen) atoms. The average Bonchev–Trinajstić information content (AvgIpc) is 3.01. The number of benzene rings is 3. The predicted octanol–water partition coefficient (Wildman–Crippen LogP) is 5.16. The fraction of sp³-hybridized carbons (Fsp3) is 0.333. The van der Waals surface area contributed by atoms with Crippen molar-refractivity contribution in [2.75, 3.05) is 38.7 Å². The molecule has 1 atom stereocenters. The lowest BCUT2D eigenvalue weighted by molar-refractivity contribution is -0.139. The third-order valence-corrected chi connectivity index (χ3v) is 9.01. The summed E-state index contributed by atoms with van der Waals surface area (Å²) in [6, 6.07) is 14.5. The van der Waals surface area contributed by atoms with Crippen molar-refractivity contribution in [3.05, 3.63) is 76.3 Å². The van der Waals surface area contributed by atoms with E-state index in [0.717, 1.165) is 4.31 Å². The molecule has 0 aliphatic heterocycles. The zero-order valence-corrected chi connectivity index (χ0v) is 26.9. The molecule has 0 aliphatic carbocycles. The van der Waals surface area contributed by atoms with Crippen LogP contribution in [0.15, 0.2) is 65.6 Å². The van der Waals surface area contributed by atoms with Gasteiger partial charge in [-0.3, -0.25) is 13.9 Å². The van der Waals surface area contributed by atoms with E-state index < -0.39 is 34.4 Å². The molecule has 0 bridgehead atoms. The summed E-state index contributed by atoms with van der Waals surface area (Å²) >= 11 is 12.7. The van der Waals surface area contributed by atoms with Crippen molar-refractivity contribution in [3.63, 3.8) is 0 Å². The standard InChI is InChI=1S/C30H35Cl2N3O7S/c1-6-15-33-30(37)20(2)34(18-21-9-7-8-10-24(21)32)29(36)19-35(25-16-22(31)11-13-26(25)40-3)43(38,39)23-12-14-27(41-4)28(17-23)42-5/h7-14,16-17,20H,6,15,18-19H2,1-5H3,(H,33,37)/t20-/m0/s1. The smallest absolute Gasteiger partial charge is 0.265 e. The van der Waals surface area contributed by atoms with Gasteiger partial charge < -0.3 is 24.4 Å². The van der Waals surface area contributed by atoms with Gasteiger partial charge >= 0.3 is 0 Å². The third-order valence-electron chi connectivity index (χ3n) is 6.65. The van der Waals surface area contributed by atoms with Crippen LogP contribution in [0.2, 0.25) is 10.0 Å². The molecule has 3 aromatic rings. The molecule has 0 aliphatic rings. The van der Waals surface area contributed by atoms with Gasteiger partial charge in [-0.2, -0.15) is 0 Å². The Hall–Kier alpha value is -3.67. The molecule has 0 aromatic heterocycles. The molecule has 232 valence electrons. The highest BCUT2D eigenvalue weighted by Gasteiger charge is 2.34. The number of nitrogens with one attached hydrogen (secondary N) is 1. The molecule has 0 saturated heterocycles. The fourth-order valence-corrected chi connectivity index (χ4v) is 6.06. The van der Waals surface area contributed by atoms with Gasteiger partial charge in [-0.25, -0.2) is 8.42 Å². The fourth-order valence-electron chi connectivity index (χ4n) is 4.26. The van der Waals surface area contributed by atoms with Crippen LogP contribution in [0.1, 0.15) is 25.8 Å². The number of carbonyl (C=O) groups excluding carboxylic acids is 2. The zero-order chi connectivity index (χ0) is 31.7.